The molecule has 0 bridgehead atoms. The number of benzene rings is 2. The smallest absolute Gasteiger partial charge is 0.288 e. The van der Waals surface area contributed by atoms with E-state index in [0.717, 1.165) is 11.1 Å². The molecule has 1 aromatic heterocycles. The molecule has 148 valence electrons. The molecule has 0 spiro atoms. The molecule has 0 aliphatic rings. The average Bonchev–Trinajstić information content (AvgIpc) is 3.18. The minimum atomic E-state index is -0.578. The van der Waals surface area contributed by atoms with E-state index in [1.807, 2.05) is 19.1 Å². The van der Waals surface area contributed by atoms with Gasteiger partial charge in [0.25, 0.3) is 5.69 Å². The first kappa shape index (κ1) is 20.3. The zero-order valence-corrected chi connectivity index (χ0v) is 16.1. The van der Waals surface area contributed by atoms with Crippen LogP contribution in [0.15, 0.2) is 59.0 Å². The highest BCUT2D eigenvalue weighted by Crippen LogP contribution is 2.28. The zero-order chi connectivity index (χ0) is 21.0. The Morgan fingerprint density at radius 1 is 1.24 bits per heavy atom. The van der Waals surface area contributed by atoms with Gasteiger partial charge in [-0.1, -0.05) is 29.8 Å². The molecule has 8 heteroatoms. The van der Waals surface area contributed by atoms with Crippen molar-refractivity contribution in [3.8, 4) is 11.3 Å². The standard InChI is InChI=1S/C21H17ClN2O5/c1-13-2-5-15(20-8-6-16(12-25)29-20)11-18(13)23-21(26)9-4-14-3-7-17(22)19(10-14)24(27)28/h2-11,25H,12H2,1H3,(H,23,26)/b9-4+. The first-order chi connectivity index (χ1) is 13.9. The topological polar surface area (TPSA) is 106 Å². The predicted molar refractivity (Wildman–Crippen MR) is 111 cm³/mol. The van der Waals surface area contributed by atoms with Gasteiger partial charge in [-0.2, -0.15) is 0 Å². The molecule has 7 nitrogen and oxygen atoms in total. The highest BCUT2D eigenvalue weighted by Gasteiger charge is 2.12. The monoisotopic (exact) mass is 412 g/mol. The van der Waals surface area contributed by atoms with Crippen molar-refractivity contribution in [2.24, 2.45) is 0 Å². The van der Waals surface area contributed by atoms with Gasteiger partial charge in [-0.15, -0.1) is 0 Å². The molecule has 2 aromatic carbocycles. The number of nitrogens with one attached hydrogen (secondary N) is 1. The van der Waals surface area contributed by atoms with Crippen molar-refractivity contribution in [2.75, 3.05) is 5.32 Å². The molecule has 1 amide bonds. The second-order valence-corrected chi connectivity index (χ2v) is 6.65. The summed E-state index contributed by atoms with van der Waals surface area (Å²) in [5.74, 6) is 0.637. The summed E-state index contributed by atoms with van der Waals surface area (Å²) in [7, 11) is 0. The Kier molecular flexibility index (Phi) is 6.11. The van der Waals surface area contributed by atoms with Gasteiger partial charge in [0.1, 0.15) is 23.2 Å². The third-order valence-corrected chi connectivity index (χ3v) is 4.51. The number of nitro benzene ring substituents is 1. The summed E-state index contributed by atoms with van der Waals surface area (Å²) >= 11 is 5.79. The van der Waals surface area contributed by atoms with Gasteiger partial charge >= 0.3 is 0 Å². The molecule has 1 heterocycles. The van der Waals surface area contributed by atoms with Crippen LogP contribution in [0.3, 0.4) is 0 Å². The SMILES string of the molecule is Cc1ccc(-c2ccc(CO)o2)cc1NC(=O)/C=C/c1ccc(Cl)c([N+](=O)[O-])c1. The van der Waals surface area contributed by atoms with E-state index in [4.69, 9.17) is 21.1 Å². The van der Waals surface area contributed by atoms with Crippen LogP contribution in [0.5, 0.6) is 0 Å². The summed E-state index contributed by atoms with van der Waals surface area (Å²) in [6.07, 6.45) is 2.76. The van der Waals surface area contributed by atoms with Gasteiger partial charge in [0, 0.05) is 23.4 Å². The van der Waals surface area contributed by atoms with E-state index in [0.29, 0.717) is 22.8 Å². The molecule has 0 saturated carbocycles. The number of amides is 1. The number of aliphatic hydroxyl groups excluding tert-OH is 1. The molecular formula is C21H17ClN2O5. The maximum atomic E-state index is 12.3. The molecule has 0 saturated heterocycles. The lowest BCUT2D eigenvalue weighted by Gasteiger charge is -2.08. The molecule has 0 fully saturated rings. The van der Waals surface area contributed by atoms with E-state index in [2.05, 4.69) is 5.32 Å². The van der Waals surface area contributed by atoms with E-state index in [1.54, 1.807) is 24.3 Å². The Hall–Kier alpha value is -3.42. The van der Waals surface area contributed by atoms with Crippen LogP contribution in [0.4, 0.5) is 11.4 Å². The van der Waals surface area contributed by atoms with Crippen LogP contribution >= 0.6 is 11.6 Å². The number of aryl methyl sites for hydroxylation is 1. The number of carbonyl (C=O) groups is 1. The number of anilines is 1. The number of rotatable bonds is 6. The first-order valence-electron chi connectivity index (χ1n) is 8.61. The molecule has 29 heavy (non-hydrogen) atoms. The predicted octanol–water partition coefficient (Wildman–Crippen LogP) is 4.96. The first-order valence-corrected chi connectivity index (χ1v) is 8.99. The number of carbonyl (C=O) groups excluding carboxylic acids is 1. The normalized spacial score (nSPS) is 11.0. The third kappa shape index (κ3) is 4.90. The van der Waals surface area contributed by atoms with Crippen molar-refractivity contribution in [1.29, 1.82) is 0 Å². The molecule has 0 radical (unpaired) electrons. The Labute approximate surface area is 171 Å². The highest BCUT2D eigenvalue weighted by molar-refractivity contribution is 6.32. The fourth-order valence-corrected chi connectivity index (χ4v) is 2.83. The van der Waals surface area contributed by atoms with E-state index in [-0.39, 0.29) is 17.3 Å². The minimum absolute atomic E-state index is 0.0336. The van der Waals surface area contributed by atoms with Crippen LogP contribution in [0.2, 0.25) is 5.02 Å². The van der Waals surface area contributed by atoms with E-state index in [1.165, 1.54) is 24.3 Å². The van der Waals surface area contributed by atoms with Gasteiger partial charge < -0.3 is 14.8 Å². The number of aliphatic hydroxyl groups is 1. The lowest BCUT2D eigenvalue weighted by molar-refractivity contribution is -0.384. The van der Waals surface area contributed by atoms with Crippen molar-refractivity contribution in [3.63, 3.8) is 0 Å². The van der Waals surface area contributed by atoms with Crippen LogP contribution < -0.4 is 5.32 Å². The Balaban J connectivity index is 1.77. The second kappa shape index (κ2) is 8.72. The third-order valence-electron chi connectivity index (χ3n) is 4.19. The van der Waals surface area contributed by atoms with Gasteiger partial charge in [0.05, 0.1) is 4.92 Å². The number of nitro groups is 1. The number of hydrogen-bond donors (Lipinski definition) is 2. The molecule has 2 N–H and O–H groups in total. The molecule has 3 rings (SSSR count). The molecule has 0 aliphatic carbocycles. The summed E-state index contributed by atoms with van der Waals surface area (Å²) in [4.78, 5) is 22.7. The van der Waals surface area contributed by atoms with Crippen LogP contribution in [0, 0.1) is 17.0 Å². The summed E-state index contributed by atoms with van der Waals surface area (Å²) in [5, 5.41) is 22.9. The molecule has 0 atom stereocenters. The van der Waals surface area contributed by atoms with E-state index >= 15 is 0 Å². The van der Waals surface area contributed by atoms with Crippen LogP contribution in [0.25, 0.3) is 17.4 Å². The van der Waals surface area contributed by atoms with Crippen molar-refractivity contribution in [2.45, 2.75) is 13.5 Å². The van der Waals surface area contributed by atoms with Crippen molar-refractivity contribution >= 4 is 35.0 Å². The number of hydrogen-bond acceptors (Lipinski definition) is 5. The maximum Gasteiger partial charge on any atom is 0.288 e. The van der Waals surface area contributed by atoms with E-state index in [9.17, 15) is 14.9 Å². The highest BCUT2D eigenvalue weighted by atomic mass is 35.5. The van der Waals surface area contributed by atoms with Gasteiger partial charge in [0.15, 0.2) is 0 Å². The Bertz CT molecular complexity index is 1100. The lowest BCUT2D eigenvalue weighted by Crippen LogP contribution is -2.09. The number of furan rings is 1. The minimum Gasteiger partial charge on any atom is -0.459 e. The Morgan fingerprint density at radius 3 is 2.72 bits per heavy atom. The summed E-state index contributed by atoms with van der Waals surface area (Å²) in [5.41, 5.74) is 2.46. The van der Waals surface area contributed by atoms with Crippen LogP contribution in [0.1, 0.15) is 16.9 Å². The van der Waals surface area contributed by atoms with Crippen LogP contribution in [-0.2, 0) is 11.4 Å². The van der Waals surface area contributed by atoms with Gasteiger partial charge in [-0.25, -0.2) is 0 Å². The van der Waals surface area contributed by atoms with Crippen molar-refractivity contribution in [1.82, 2.24) is 0 Å². The summed E-state index contributed by atoms with van der Waals surface area (Å²) in [6, 6.07) is 13.2. The Morgan fingerprint density at radius 2 is 2.03 bits per heavy atom. The summed E-state index contributed by atoms with van der Waals surface area (Å²) in [6.45, 7) is 1.66. The quantitative estimate of drug-likeness (QED) is 0.338. The summed E-state index contributed by atoms with van der Waals surface area (Å²) < 4.78 is 5.52. The fraction of sp³-hybridized carbons (Fsp3) is 0.0952. The van der Waals surface area contributed by atoms with Gasteiger partial charge in [0.2, 0.25) is 5.91 Å². The molecule has 0 aliphatic heterocycles. The van der Waals surface area contributed by atoms with Crippen molar-refractivity contribution < 1.29 is 19.2 Å². The number of halogens is 1. The zero-order valence-electron chi connectivity index (χ0n) is 15.4. The second-order valence-electron chi connectivity index (χ2n) is 6.24. The van der Waals surface area contributed by atoms with Gasteiger partial charge in [-0.3, -0.25) is 14.9 Å². The average molecular weight is 413 g/mol. The molecule has 0 unspecified atom stereocenters. The fourth-order valence-electron chi connectivity index (χ4n) is 2.65. The largest absolute Gasteiger partial charge is 0.459 e. The van der Waals surface area contributed by atoms with E-state index < -0.39 is 10.8 Å². The van der Waals surface area contributed by atoms with Crippen molar-refractivity contribution in [3.05, 3.63) is 86.6 Å². The lowest BCUT2D eigenvalue weighted by atomic mass is 10.1. The molecule has 3 aromatic rings. The van der Waals surface area contributed by atoms with Gasteiger partial charge in [-0.05, 0) is 48.4 Å². The maximum absolute atomic E-state index is 12.3. The number of nitrogens with zero attached hydrogens (tertiary/aromatic N) is 1. The van der Waals surface area contributed by atoms with Crippen LogP contribution in [-0.4, -0.2) is 15.9 Å². The molecular weight excluding hydrogens is 396 g/mol.